The zero-order valence-corrected chi connectivity index (χ0v) is 24.4. The third kappa shape index (κ3) is 10.6. The largest absolute Gasteiger partial charge is 0.345 e. The molecule has 0 unspecified atom stereocenters. The molecule has 0 aromatic heterocycles. The highest BCUT2D eigenvalue weighted by Gasteiger charge is 2.34. The van der Waals surface area contributed by atoms with Crippen molar-refractivity contribution < 1.29 is 31.2 Å². The molecule has 11 heteroatoms. The van der Waals surface area contributed by atoms with Gasteiger partial charge in [0, 0.05) is 6.54 Å². The van der Waals surface area contributed by atoms with Crippen LogP contribution in [-0.4, -0.2) is 52.0 Å². The molecule has 0 spiro atoms. The molecule has 1 atom stereocenters. The average Bonchev–Trinajstić information content (AvgIpc) is 2.94. The first-order chi connectivity index (χ1) is 19.5. The number of hydrogen-bond acceptors (Lipinski definition) is 7. The van der Waals surface area contributed by atoms with E-state index in [-0.39, 0.29) is 24.5 Å². The number of amides is 2. The van der Waals surface area contributed by atoms with Crippen LogP contribution in [0.2, 0.25) is 0 Å². The molecule has 3 rings (SSSR count). The van der Waals surface area contributed by atoms with Crippen molar-refractivity contribution in [2.45, 2.75) is 37.4 Å². The van der Waals surface area contributed by atoms with Gasteiger partial charge in [-0.1, -0.05) is 97.9 Å². The molecule has 0 saturated heterocycles. The first-order valence-electron chi connectivity index (χ1n) is 13.1. The summed E-state index contributed by atoms with van der Waals surface area (Å²) in [5.74, 6) is -6.48. The van der Waals surface area contributed by atoms with Gasteiger partial charge in [-0.3, -0.25) is 14.4 Å². The molecule has 0 radical (unpaired) electrons. The third-order valence-electron chi connectivity index (χ3n) is 6.30. The molecule has 0 aliphatic carbocycles. The lowest BCUT2D eigenvalue weighted by Gasteiger charge is -2.21. The average molecular weight is 599 g/mol. The Hall–Kier alpha value is -3.83. The van der Waals surface area contributed by atoms with Crippen molar-refractivity contribution in [1.82, 2.24) is 10.6 Å². The molecule has 3 aromatic rings. The molecular formula is C30H34N2O7S2. The van der Waals surface area contributed by atoms with Gasteiger partial charge >= 0.3 is 0 Å². The van der Waals surface area contributed by atoms with Crippen LogP contribution in [0.25, 0.3) is 0 Å². The predicted octanol–water partition coefficient (Wildman–Crippen LogP) is 2.61. The summed E-state index contributed by atoms with van der Waals surface area (Å²) in [7, 11) is -7.86. The lowest BCUT2D eigenvalue weighted by Crippen LogP contribution is -2.50. The van der Waals surface area contributed by atoms with E-state index in [2.05, 4.69) is 10.6 Å². The lowest BCUT2D eigenvalue weighted by atomic mass is 10.1. The fraction of sp³-hybridized carbons (Fsp3) is 0.300. The van der Waals surface area contributed by atoms with Crippen molar-refractivity contribution in [2.75, 3.05) is 11.5 Å². The van der Waals surface area contributed by atoms with E-state index >= 15 is 0 Å². The minimum absolute atomic E-state index is 0.0452. The highest BCUT2D eigenvalue weighted by molar-refractivity contribution is 7.91. The van der Waals surface area contributed by atoms with E-state index in [1.165, 1.54) is 0 Å². The van der Waals surface area contributed by atoms with Crippen LogP contribution in [0.5, 0.6) is 0 Å². The van der Waals surface area contributed by atoms with Crippen molar-refractivity contribution >= 4 is 37.3 Å². The Labute approximate surface area is 241 Å². The summed E-state index contributed by atoms with van der Waals surface area (Å²) in [6.07, 6.45) is 0.0452. The fourth-order valence-corrected chi connectivity index (χ4v) is 7.80. The Morgan fingerprint density at radius 3 is 1.49 bits per heavy atom. The molecule has 0 fully saturated rings. The van der Waals surface area contributed by atoms with Gasteiger partial charge in [-0.25, -0.2) is 16.8 Å². The molecule has 0 aliphatic heterocycles. The number of rotatable bonds is 15. The first kappa shape index (κ1) is 31.7. The van der Waals surface area contributed by atoms with Crippen molar-refractivity contribution in [3.8, 4) is 0 Å². The van der Waals surface area contributed by atoms with E-state index in [4.69, 9.17) is 0 Å². The van der Waals surface area contributed by atoms with Crippen LogP contribution >= 0.6 is 0 Å². The summed E-state index contributed by atoms with van der Waals surface area (Å²) in [4.78, 5) is 38.7. The number of nitrogens with one attached hydrogen (secondary N) is 2. The maximum absolute atomic E-state index is 13.4. The SMILES string of the molecule is CC[C@H](NC(=O)C(CS(=O)(=O)Cc1ccccc1)CS(=O)(=O)Cc1ccccc1)C(=O)C(=O)NCc1ccccc1. The van der Waals surface area contributed by atoms with E-state index in [0.717, 1.165) is 5.56 Å². The molecular weight excluding hydrogens is 564 g/mol. The predicted molar refractivity (Wildman–Crippen MR) is 157 cm³/mol. The molecule has 3 aromatic carbocycles. The smallest absolute Gasteiger partial charge is 0.289 e. The van der Waals surface area contributed by atoms with Crippen molar-refractivity contribution in [2.24, 2.45) is 5.92 Å². The standard InChI is InChI=1S/C30H34N2O7S2/c1-2-27(28(33)30(35)31-18-23-12-6-3-7-13-23)32-29(34)26(21-40(36,37)19-24-14-8-4-9-15-24)22-41(38,39)20-25-16-10-5-11-17-25/h3-17,26-27H,2,18-22H2,1H3,(H,31,35)(H,32,34)/t27-/m0/s1. The zero-order chi connectivity index (χ0) is 29.9. The van der Waals surface area contributed by atoms with Gasteiger partial charge in [-0.15, -0.1) is 0 Å². The maximum atomic E-state index is 13.4. The topological polar surface area (TPSA) is 144 Å². The first-order valence-corrected chi connectivity index (χ1v) is 16.8. The van der Waals surface area contributed by atoms with Crippen LogP contribution in [-0.2, 0) is 52.1 Å². The van der Waals surface area contributed by atoms with Gasteiger partial charge in [0.25, 0.3) is 5.91 Å². The van der Waals surface area contributed by atoms with Crippen LogP contribution in [0.4, 0.5) is 0 Å². The van der Waals surface area contributed by atoms with Crippen molar-refractivity contribution in [3.63, 3.8) is 0 Å². The minimum Gasteiger partial charge on any atom is -0.345 e. The quantitative estimate of drug-likeness (QED) is 0.256. The minimum atomic E-state index is -3.93. The molecule has 0 heterocycles. The second-order valence-electron chi connectivity index (χ2n) is 9.78. The molecule has 41 heavy (non-hydrogen) atoms. The Morgan fingerprint density at radius 1 is 0.659 bits per heavy atom. The van der Waals surface area contributed by atoms with Crippen LogP contribution in [0, 0.1) is 5.92 Å². The van der Waals surface area contributed by atoms with E-state index in [9.17, 15) is 31.2 Å². The van der Waals surface area contributed by atoms with Crippen LogP contribution in [0.3, 0.4) is 0 Å². The normalized spacial score (nSPS) is 12.4. The highest BCUT2D eigenvalue weighted by atomic mass is 32.2. The Kier molecular flexibility index (Phi) is 11.4. The van der Waals surface area contributed by atoms with E-state index in [1.807, 2.05) is 6.07 Å². The molecule has 0 aliphatic rings. The number of Topliss-reactive ketones (excluding diaryl/α,β-unsaturated/α-hetero) is 1. The van der Waals surface area contributed by atoms with E-state index < -0.39 is 60.7 Å². The fourth-order valence-electron chi connectivity index (χ4n) is 4.25. The summed E-state index contributed by atoms with van der Waals surface area (Å²) < 4.78 is 52.3. The van der Waals surface area contributed by atoms with Crippen LogP contribution in [0.15, 0.2) is 91.0 Å². The van der Waals surface area contributed by atoms with E-state index in [1.54, 1.807) is 91.9 Å². The molecule has 218 valence electrons. The van der Waals surface area contributed by atoms with Gasteiger partial charge in [0.2, 0.25) is 11.7 Å². The van der Waals surface area contributed by atoms with Gasteiger partial charge in [0.1, 0.15) is 0 Å². The number of carbonyl (C=O) groups excluding carboxylic acids is 3. The molecule has 9 nitrogen and oxygen atoms in total. The second-order valence-corrected chi connectivity index (χ2v) is 14.0. The van der Waals surface area contributed by atoms with Gasteiger partial charge in [0.15, 0.2) is 19.7 Å². The second kappa shape index (κ2) is 14.7. The van der Waals surface area contributed by atoms with Crippen molar-refractivity contribution in [3.05, 3.63) is 108 Å². The highest BCUT2D eigenvalue weighted by Crippen LogP contribution is 2.16. The molecule has 0 saturated carbocycles. The number of benzene rings is 3. The Bertz CT molecular complexity index is 1450. The monoisotopic (exact) mass is 598 g/mol. The van der Waals surface area contributed by atoms with E-state index in [0.29, 0.717) is 11.1 Å². The van der Waals surface area contributed by atoms with Crippen LogP contribution < -0.4 is 10.6 Å². The Balaban J connectivity index is 1.76. The summed E-state index contributed by atoms with van der Waals surface area (Å²) in [6, 6.07) is 24.4. The van der Waals surface area contributed by atoms with Crippen LogP contribution in [0.1, 0.15) is 30.0 Å². The molecule has 2 amide bonds. The number of sulfone groups is 2. The number of carbonyl (C=O) groups is 3. The molecule has 2 N–H and O–H groups in total. The molecule has 0 bridgehead atoms. The van der Waals surface area contributed by atoms with Gasteiger partial charge in [-0.05, 0) is 23.1 Å². The summed E-state index contributed by atoms with van der Waals surface area (Å²) in [5.41, 5.74) is 1.77. The summed E-state index contributed by atoms with van der Waals surface area (Å²) in [6.45, 7) is 1.69. The maximum Gasteiger partial charge on any atom is 0.289 e. The Morgan fingerprint density at radius 2 is 1.07 bits per heavy atom. The zero-order valence-electron chi connectivity index (χ0n) is 22.7. The number of hydrogen-bond donors (Lipinski definition) is 2. The van der Waals surface area contributed by atoms with Gasteiger partial charge in [-0.2, -0.15) is 0 Å². The van der Waals surface area contributed by atoms with Gasteiger partial charge < -0.3 is 10.6 Å². The van der Waals surface area contributed by atoms with Gasteiger partial charge in [0.05, 0.1) is 35.0 Å². The number of ketones is 1. The summed E-state index contributed by atoms with van der Waals surface area (Å²) >= 11 is 0. The van der Waals surface area contributed by atoms with Crippen molar-refractivity contribution in [1.29, 1.82) is 0 Å². The lowest BCUT2D eigenvalue weighted by molar-refractivity contribution is -0.140. The summed E-state index contributed by atoms with van der Waals surface area (Å²) in [5, 5.41) is 4.96. The third-order valence-corrected chi connectivity index (χ3v) is 9.67.